The van der Waals surface area contributed by atoms with Gasteiger partial charge >= 0.3 is 0 Å². The maximum Gasteiger partial charge on any atom is 0.253 e. The van der Waals surface area contributed by atoms with Crippen LogP contribution >= 0.6 is 0 Å². The van der Waals surface area contributed by atoms with Crippen LogP contribution < -0.4 is 25.4 Å². The Kier molecular flexibility index (Phi) is 8.30. The first-order valence-electron chi connectivity index (χ1n) is 12.4. The van der Waals surface area contributed by atoms with Crippen LogP contribution in [-0.2, 0) is 13.1 Å². The zero-order chi connectivity index (χ0) is 25.7. The van der Waals surface area contributed by atoms with Gasteiger partial charge in [0.2, 0.25) is 0 Å². The molecule has 1 saturated heterocycles. The van der Waals surface area contributed by atoms with Crippen molar-refractivity contribution in [1.29, 1.82) is 0 Å². The molecule has 0 bridgehead atoms. The van der Waals surface area contributed by atoms with Gasteiger partial charge in [-0.1, -0.05) is 6.07 Å². The summed E-state index contributed by atoms with van der Waals surface area (Å²) in [6.07, 6.45) is 0.201. The quantitative estimate of drug-likeness (QED) is 0.486. The van der Waals surface area contributed by atoms with Gasteiger partial charge in [0.1, 0.15) is 11.5 Å². The minimum Gasteiger partial charge on any atom is -0.497 e. The number of hydrogen-bond acceptors (Lipinski definition) is 7. The molecule has 9 heteroatoms. The topological polar surface area (TPSA) is 87.2 Å². The largest absolute Gasteiger partial charge is 0.497 e. The lowest BCUT2D eigenvalue weighted by atomic mass is 9.83. The Balaban J connectivity index is 1.58. The summed E-state index contributed by atoms with van der Waals surface area (Å²) in [7, 11) is 5.00. The Bertz CT molecular complexity index is 1090. The number of alkyl halides is 1. The van der Waals surface area contributed by atoms with Crippen molar-refractivity contribution in [3.63, 3.8) is 0 Å². The van der Waals surface area contributed by atoms with Crippen LogP contribution in [0.15, 0.2) is 41.4 Å². The SMILES string of the molecule is COc1cc(CN(C)C(=O)c2cc(CNC3=NCCN3)cc(C3CCC(F)NC3C)c2)cc(OC)c1. The van der Waals surface area contributed by atoms with Gasteiger partial charge in [-0.05, 0) is 66.6 Å². The van der Waals surface area contributed by atoms with Crippen LogP contribution in [-0.4, -0.2) is 63.5 Å². The number of aliphatic imine (C=N–C) groups is 1. The maximum absolute atomic E-state index is 13.9. The van der Waals surface area contributed by atoms with Crippen molar-refractivity contribution >= 4 is 11.9 Å². The van der Waals surface area contributed by atoms with Gasteiger partial charge in [0, 0.05) is 44.4 Å². The van der Waals surface area contributed by atoms with Crippen LogP contribution in [0.3, 0.4) is 0 Å². The molecule has 1 fully saturated rings. The number of nitrogens with zero attached hydrogens (tertiary/aromatic N) is 2. The van der Waals surface area contributed by atoms with Gasteiger partial charge in [0.25, 0.3) is 5.91 Å². The van der Waals surface area contributed by atoms with Crippen molar-refractivity contribution < 1.29 is 18.7 Å². The number of piperidine rings is 1. The molecule has 2 aliphatic rings. The third-order valence-electron chi connectivity index (χ3n) is 6.78. The van der Waals surface area contributed by atoms with Crippen LogP contribution in [0.25, 0.3) is 0 Å². The fraction of sp³-hybridized carbons (Fsp3) is 0.481. The highest BCUT2D eigenvalue weighted by Gasteiger charge is 2.29. The standard InChI is InChI=1S/C27H36FN5O3/c1-17-24(5-6-25(28)32-17)20-9-18(15-31-27-29-7-8-30-27)10-21(13-20)26(34)33(2)16-19-11-22(35-3)14-23(12-19)36-4/h9-14,17,24-25,32H,5-8,15-16H2,1-4H3,(H2,29,30,31). The molecule has 2 aromatic rings. The van der Waals surface area contributed by atoms with E-state index in [1.807, 2.05) is 31.2 Å². The molecule has 194 valence electrons. The number of halogens is 1. The molecule has 3 N–H and O–H groups in total. The van der Waals surface area contributed by atoms with E-state index in [1.54, 1.807) is 32.2 Å². The summed E-state index contributed by atoms with van der Waals surface area (Å²) < 4.78 is 24.6. The molecule has 0 spiro atoms. The van der Waals surface area contributed by atoms with E-state index in [0.29, 0.717) is 36.6 Å². The molecule has 2 heterocycles. The molecule has 36 heavy (non-hydrogen) atoms. The van der Waals surface area contributed by atoms with Gasteiger partial charge in [-0.2, -0.15) is 0 Å². The number of ether oxygens (including phenoxy) is 2. The first-order valence-corrected chi connectivity index (χ1v) is 12.4. The van der Waals surface area contributed by atoms with E-state index in [4.69, 9.17) is 9.47 Å². The van der Waals surface area contributed by atoms with Gasteiger partial charge in [-0.15, -0.1) is 0 Å². The molecule has 0 radical (unpaired) electrons. The van der Waals surface area contributed by atoms with Gasteiger partial charge in [-0.3, -0.25) is 15.1 Å². The van der Waals surface area contributed by atoms with E-state index < -0.39 is 6.30 Å². The normalized spacial score (nSPS) is 21.4. The van der Waals surface area contributed by atoms with Crippen molar-refractivity contribution in [3.8, 4) is 11.5 Å². The van der Waals surface area contributed by atoms with Crippen molar-refractivity contribution in [2.75, 3.05) is 34.4 Å². The molecule has 3 unspecified atom stereocenters. The number of carbonyl (C=O) groups excluding carboxylic acids is 1. The van der Waals surface area contributed by atoms with Crippen LogP contribution in [0.2, 0.25) is 0 Å². The molecule has 2 aromatic carbocycles. The maximum atomic E-state index is 13.9. The molecule has 0 aromatic heterocycles. The number of rotatable bonds is 8. The highest BCUT2D eigenvalue weighted by atomic mass is 19.1. The number of nitrogens with one attached hydrogen (secondary N) is 3. The Morgan fingerprint density at radius 2 is 1.86 bits per heavy atom. The number of carbonyl (C=O) groups is 1. The molecule has 4 rings (SSSR count). The van der Waals surface area contributed by atoms with Crippen molar-refractivity contribution in [2.45, 2.75) is 51.1 Å². The molecular formula is C27H36FN5O3. The lowest BCUT2D eigenvalue weighted by Crippen LogP contribution is -2.42. The van der Waals surface area contributed by atoms with E-state index in [9.17, 15) is 9.18 Å². The Hall–Kier alpha value is -3.33. The van der Waals surface area contributed by atoms with Crippen molar-refractivity contribution in [2.24, 2.45) is 4.99 Å². The monoisotopic (exact) mass is 497 g/mol. The van der Waals surface area contributed by atoms with Crippen molar-refractivity contribution in [3.05, 3.63) is 58.7 Å². The highest BCUT2D eigenvalue weighted by Crippen LogP contribution is 2.32. The van der Waals surface area contributed by atoms with Gasteiger partial charge in [0.15, 0.2) is 12.3 Å². The predicted molar refractivity (Wildman–Crippen MR) is 138 cm³/mol. The average Bonchev–Trinajstić information content (AvgIpc) is 3.40. The first-order chi connectivity index (χ1) is 17.4. The minimum atomic E-state index is -0.986. The summed E-state index contributed by atoms with van der Waals surface area (Å²) in [6, 6.07) is 11.6. The van der Waals surface area contributed by atoms with E-state index in [2.05, 4.69) is 27.0 Å². The second-order valence-corrected chi connectivity index (χ2v) is 9.46. The zero-order valence-electron chi connectivity index (χ0n) is 21.4. The number of methoxy groups -OCH3 is 2. The first kappa shape index (κ1) is 25.8. The van der Waals surface area contributed by atoms with Crippen molar-refractivity contribution in [1.82, 2.24) is 20.9 Å². The molecule has 0 saturated carbocycles. The second kappa shape index (κ2) is 11.6. The highest BCUT2D eigenvalue weighted by molar-refractivity contribution is 5.94. The van der Waals surface area contributed by atoms with E-state index >= 15 is 0 Å². The predicted octanol–water partition coefficient (Wildman–Crippen LogP) is 3.18. The third kappa shape index (κ3) is 6.26. The van der Waals surface area contributed by atoms with E-state index in [-0.39, 0.29) is 17.9 Å². The Morgan fingerprint density at radius 1 is 1.11 bits per heavy atom. The third-order valence-corrected chi connectivity index (χ3v) is 6.78. The fourth-order valence-electron chi connectivity index (χ4n) is 4.90. The lowest BCUT2D eigenvalue weighted by molar-refractivity contribution is 0.0784. The number of amides is 1. The summed E-state index contributed by atoms with van der Waals surface area (Å²) in [5.41, 5.74) is 3.54. The summed E-state index contributed by atoms with van der Waals surface area (Å²) in [5.74, 6) is 2.16. The molecular weight excluding hydrogens is 461 g/mol. The number of hydrogen-bond donors (Lipinski definition) is 3. The van der Waals surface area contributed by atoms with Crippen LogP contribution in [0.1, 0.15) is 52.7 Å². The average molecular weight is 498 g/mol. The summed E-state index contributed by atoms with van der Waals surface area (Å²) in [4.78, 5) is 19.6. The summed E-state index contributed by atoms with van der Waals surface area (Å²) >= 11 is 0. The van der Waals surface area contributed by atoms with Gasteiger partial charge in [-0.25, -0.2) is 4.39 Å². The number of guanidine groups is 1. The summed E-state index contributed by atoms with van der Waals surface area (Å²) in [6.45, 7) is 4.51. The van der Waals surface area contributed by atoms with Gasteiger partial charge < -0.3 is 25.0 Å². The Morgan fingerprint density at radius 3 is 2.50 bits per heavy atom. The zero-order valence-corrected chi connectivity index (χ0v) is 21.4. The summed E-state index contributed by atoms with van der Waals surface area (Å²) in [5, 5.41) is 9.55. The fourth-order valence-corrected chi connectivity index (χ4v) is 4.90. The van der Waals surface area contributed by atoms with E-state index in [0.717, 1.165) is 42.2 Å². The van der Waals surface area contributed by atoms with E-state index in [1.165, 1.54) is 0 Å². The Labute approximate surface area is 212 Å². The van der Waals surface area contributed by atoms with Crippen LogP contribution in [0.5, 0.6) is 11.5 Å². The molecule has 1 amide bonds. The van der Waals surface area contributed by atoms with Gasteiger partial charge in [0.05, 0.1) is 20.8 Å². The molecule has 2 aliphatic heterocycles. The smallest absolute Gasteiger partial charge is 0.253 e. The minimum absolute atomic E-state index is 0.0252. The lowest BCUT2D eigenvalue weighted by Gasteiger charge is -2.33. The van der Waals surface area contributed by atoms with Crippen LogP contribution in [0, 0.1) is 0 Å². The molecule has 8 nitrogen and oxygen atoms in total. The second-order valence-electron chi connectivity index (χ2n) is 9.46. The molecule has 0 aliphatic carbocycles. The van der Waals surface area contributed by atoms with Crippen LogP contribution in [0.4, 0.5) is 4.39 Å². The molecule has 3 atom stereocenters. The number of benzene rings is 2.